The van der Waals surface area contributed by atoms with E-state index in [0.717, 1.165) is 55.9 Å². The van der Waals surface area contributed by atoms with Gasteiger partial charge in [-0.2, -0.15) is 0 Å². The van der Waals surface area contributed by atoms with E-state index < -0.39 is 0 Å². The summed E-state index contributed by atoms with van der Waals surface area (Å²) in [6.07, 6.45) is 4.68. The molecule has 1 fully saturated rings. The first kappa shape index (κ1) is 18.7. The summed E-state index contributed by atoms with van der Waals surface area (Å²) in [7, 11) is 0. The number of carbonyl (C=O) groups is 1. The molecule has 2 amide bonds. The van der Waals surface area contributed by atoms with E-state index in [0.29, 0.717) is 17.9 Å². The highest BCUT2D eigenvalue weighted by Crippen LogP contribution is 2.29. The van der Waals surface area contributed by atoms with Crippen molar-refractivity contribution in [1.29, 1.82) is 0 Å². The fraction of sp³-hybridized carbons (Fsp3) is 0.650. The number of hydrogen-bond donors (Lipinski definition) is 1. The molecule has 2 aromatic heterocycles. The van der Waals surface area contributed by atoms with E-state index >= 15 is 0 Å². The highest BCUT2D eigenvalue weighted by atomic mass is 16.2. The van der Waals surface area contributed by atoms with Gasteiger partial charge in [0.05, 0.1) is 0 Å². The number of likely N-dealkylation sites (tertiary alicyclic amines) is 1. The molecule has 0 atom stereocenters. The van der Waals surface area contributed by atoms with Gasteiger partial charge in [0.2, 0.25) is 0 Å². The third-order valence-corrected chi connectivity index (χ3v) is 4.89. The van der Waals surface area contributed by atoms with Crippen LogP contribution in [0.4, 0.5) is 4.79 Å². The topological polar surface area (TPSA) is 63.1 Å². The van der Waals surface area contributed by atoms with Gasteiger partial charge >= 0.3 is 6.03 Å². The van der Waals surface area contributed by atoms with Crippen LogP contribution in [0.1, 0.15) is 52.4 Å². The summed E-state index contributed by atoms with van der Waals surface area (Å²) < 4.78 is 2.33. The number of fused-ring (bicyclic) bond motifs is 1. The number of nitrogens with zero attached hydrogens (tertiary/aromatic N) is 4. The lowest BCUT2D eigenvalue weighted by molar-refractivity contribution is 0.170. The number of nitrogens with one attached hydrogen (secondary N) is 1. The molecule has 1 aliphatic heterocycles. The van der Waals surface area contributed by atoms with Crippen molar-refractivity contribution in [2.24, 2.45) is 11.8 Å². The molecule has 2 aromatic rings. The molecule has 0 saturated carbocycles. The van der Waals surface area contributed by atoms with Crippen molar-refractivity contribution in [2.45, 2.75) is 53.0 Å². The Labute approximate surface area is 156 Å². The van der Waals surface area contributed by atoms with E-state index in [4.69, 9.17) is 4.98 Å². The predicted molar refractivity (Wildman–Crippen MR) is 104 cm³/mol. The maximum Gasteiger partial charge on any atom is 0.317 e. The molecular formula is C20H31N5O. The molecule has 6 heteroatoms. The Morgan fingerprint density at radius 2 is 1.96 bits per heavy atom. The van der Waals surface area contributed by atoms with Gasteiger partial charge in [-0.25, -0.2) is 14.8 Å². The molecule has 142 valence electrons. The van der Waals surface area contributed by atoms with E-state index in [9.17, 15) is 4.79 Å². The molecule has 0 aliphatic carbocycles. The van der Waals surface area contributed by atoms with Crippen LogP contribution in [0.5, 0.6) is 0 Å². The molecule has 0 bridgehead atoms. The highest BCUT2D eigenvalue weighted by molar-refractivity contribution is 5.74. The van der Waals surface area contributed by atoms with Crippen molar-refractivity contribution >= 4 is 17.2 Å². The Hall–Kier alpha value is -2.11. The second kappa shape index (κ2) is 8.06. The summed E-state index contributed by atoms with van der Waals surface area (Å²) in [5.74, 6) is 2.14. The number of rotatable bonds is 5. The average Bonchev–Trinajstić information content (AvgIpc) is 2.96. The van der Waals surface area contributed by atoms with Gasteiger partial charge in [-0.05, 0) is 36.8 Å². The Morgan fingerprint density at radius 3 is 2.62 bits per heavy atom. The number of pyridine rings is 1. The highest BCUT2D eigenvalue weighted by Gasteiger charge is 2.27. The van der Waals surface area contributed by atoms with Gasteiger partial charge in [0.15, 0.2) is 5.65 Å². The monoisotopic (exact) mass is 357 g/mol. The fourth-order valence-corrected chi connectivity index (χ4v) is 3.60. The van der Waals surface area contributed by atoms with Crippen LogP contribution in [0.15, 0.2) is 18.3 Å². The Kier molecular flexibility index (Phi) is 5.79. The first-order valence-corrected chi connectivity index (χ1v) is 9.80. The molecule has 0 aromatic carbocycles. The molecule has 1 aliphatic rings. The Bertz CT molecular complexity index is 744. The molecule has 0 radical (unpaired) electrons. The summed E-state index contributed by atoms with van der Waals surface area (Å²) in [6, 6.07) is 4.41. The van der Waals surface area contributed by atoms with Crippen LogP contribution >= 0.6 is 0 Å². The lowest BCUT2D eigenvalue weighted by Crippen LogP contribution is -2.45. The van der Waals surface area contributed by atoms with Crippen LogP contribution in [-0.2, 0) is 6.42 Å². The largest absolute Gasteiger partial charge is 0.338 e. The smallest absolute Gasteiger partial charge is 0.317 e. The van der Waals surface area contributed by atoms with Gasteiger partial charge in [-0.15, -0.1) is 0 Å². The van der Waals surface area contributed by atoms with E-state index in [1.807, 2.05) is 23.2 Å². The van der Waals surface area contributed by atoms with Gasteiger partial charge in [-0.1, -0.05) is 27.7 Å². The molecular weight excluding hydrogens is 326 g/mol. The second-order valence-electron chi connectivity index (χ2n) is 8.14. The maximum atomic E-state index is 12.3. The summed E-state index contributed by atoms with van der Waals surface area (Å²) in [4.78, 5) is 23.7. The van der Waals surface area contributed by atoms with Gasteiger partial charge in [0.1, 0.15) is 11.3 Å². The first-order chi connectivity index (χ1) is 12.5. The quantitative estimate of drug-likeness (QED) is 0.889. The minimum Gasteiger partial charge on any atom is -0.338 e. The van der Waals surface area contributed by atoms with Crippen LogP contribution in [0.2, 0.25) is 0 Å². The zero-order chi connectivity index (χ0) is 18.7. The predicted octanol–water partition coefficient (Wildman–Crippen LogP) is 3.63. The van der Waals surface area contributed by atoms with Crippen molar-refractivity contribution in [1.82, 2.24) is 24.8 Å². The van der Waals surface area contributed by atoms with Gasteiger partial charge < -0.3 is 14.8 Å². The van der Waals surface area contributed by atoms with Crippen LogP contribution in [0, 0.1) is 11.8 Å². The molecule has 0 spiro atoms. The lowest BCUT2D eigenvalue weighted by Gasteiger charge is -2.33. The van der Waals surface area contributed by atoms with Crippen molar-refractivity contribution < 1.29 is 4.79 Å². The van der Waals surface area contributed by atoms with Crippen LogP contribution in [0.3, 0.4) is 0 Å². The van der Waals surface area contributed by atoms with Crippen molar-refractivity contribution in [3.63, 3.8) is 0 Å². The van der Waals surface area contributed by atoms with Crippen molar-refractivity contribution in [3.05, 3.63) is 24.2 Å². The van der Waals surface area contributed by atoms with E-state index in [-0.39, 0.29) is 6.03 Å². The minimum absolute atomic E-state index is 0.0631. The summed E-state index contributed by atoms with van der Waals surface area (Å²) in [5, 5.41) is 3.02. The standard InChI is InChI=1S/C20H31N5O/c1-14(2)12-18-23-17-6-5-9-21-19(17)25(18)16-7-10-24(11-8-16)20(26)22-13-15(3)4/h5-6,9,14-16H,7-8,10-13H2,1-4H3,(H,22,26). The fourth-order valence-electron chi connectivity index (χ4n) is 3.60. The number of aromatic nitrogens is 3. The van der Waals surface area contributed by atoms with Crippen molar-refractivity contribution in [2.75, 3.05) is 19.6 Å². The number of carbonyl (C=O) groups excluding carboxylic acids is 1. The lowest BCUT2D eigenvalue weighted by atomic mass is 10.0. The Balaban J connectivity index is 1.73. The normalized spacial score (nSPS) is 16.0. The number of hydrogen-bond acceptors (Lipinski definition) is 3. The maximum absolute atomic E-state index is 12.3. The van der Waals surface area contributed by atoms with E-state index in [1.54, 1.807) is 0 Å². The minimum atomic E-state index is 0.0631. The number of piperidine rings is 1. The van der Waals surface area contributed by atoms with E-state index in [2.05, 4.69) is 42.6 Å². The van der Waals surface area contributed by atoms with Crippen LogP contribution in [-0.4, -0.2) is 45.1 Å². The SMILES string of the molecule is CC(C)CNC(=O)N1CCC(n2c(CC(C)C)nc3cccnc32)CC1. The van der Waals surface area contributed by atoms with Crippen molar-refractivity contribution in [3.8, 4) is 0 Å². The van der Waals surface area contributed by atoms with Crippen LogP contribution in [0.25, 0.3) is 11.2 Å². The molecule has 6 nitrogen and oxygen atoms in total. The zero-order valence-electron chi connectivity index (χ0n) is 16.4. The number of amides is 2. The molecule has 1 N–H and O–H groups in total. The average molecular weight is 358 g/mol. The molecule has 1 saturated heterocycles. The van der Waals surface area contributed by atoms with Crippen LogP contribution < -0.4 is 5.32 Å². The Morgan fingerprint density at radius 1 is 1.23 bits per heavy atom. The summed E-state index contributed by atoms with van der Waals surface area (Å²) in [5.41, 5.74) is 1.95. The molecule has 3 heterocycles. The van der Waals surface area contributed by atoms with Gasteiger partial charge in [-0.3, -0.25) is 0 Å². The molecule has 0 unspecified atom stereocenters. The summed E-state index contributed by atoms with van der Waals surface area (Å²) >= 11 is 0. The molecule has 26 heavy (non-hydrogen) atoms. The number of imidazole rings is 1. The van der Waals surface area contributed by atoms with E-state index in [1.165, 1.54) is 0 Å². The second-order valence-corrected chi connectivity index (χ2v) is 8.14. The first-order valence-electron chi connectivity index (χ1n) is 9.80. The van der Waals surface area contributed by atoms with Gasteiger partial charge in [0, 0.05) is 38.3 Å². The third-order valence-electron chi connectivity index (χ3n) is 4.89. The number of urea groups is 1. The summed E-state index contributed by atoms with van der Waals surface area (Å²) in [6.45, 7) is 11.0. The third kappa shape index (κ3) is 4.17. The molecule has 3 rings (SSSR count). The van der Waals surface area contributed by atoms with Gasteiger partial charge in [0.25, 0.3) is 0 Å². The zero-order valence-corrected chi connectivity index (χ0v) is 16.4.